The summed E-state index contributed by atoms with van der Waals surface area (Å²) in [5, 5.41) is 10.1. The highest BCUT2D eigenvalue weighted by Crippen LogP contribution is 2.20. The molecule has 17 heavy (non-hydrogen) atoms. The summed E-state index contributed by atoms with van der Waals surface area (Å²) in [6.45, 7) is 3.44. The van der Waals surface area contributed by atoms with Crippen LogP contribution >= 0.6 is 23.2 Å². The molecule has 1 rings (SSSR count). The number of hydrogen-bond donors (Lipinski definition) is 1. The average Bonchev–Trinajstić information content (AvgIpc) is 2.18. The second kappa shape index (κ2) is 5.21. The van der Waals surface area contributed by atoms with Crippen LogP contribution < -0.4 is 0 Å². The zero-order chi connectivity index (χ0) is 13.2. The number of halogens is 2. The molecule has 1 N–H and O–H groups in total. The molecule has 0 aromatic carbocycles. The van der Waals surface area contributed by atoms with Gasteiger partial charge in [0, 0.05) is 19.8 Å². The van der Waals surface area contributed by atoms with E-state index in [1.54, 1.807) is 20.9 Å². The molecule has 0 unspecified atom stereocenters. The first kappa shape index (κ1) is 14.2. The number of aromatic nitrogens is 1. The van der Waals surface area contributed by atoms with Crippen LogP contribution in [0.3, 0.4) is 0 Å². The highest BCUT2D eigenvalue weighted by Gasteiger charge is 2.22. The number of amides is 1. The predicted molar refractivity (Wildman–Crippen MR) is 67.5 cm³/mol. The van der Waals surface area contributed by atoms with E-state index < -0.39 is 5.60 Å². The van der Waals surface area contributed by atoms with Crippen LogP contribution in [0.4, 0.5) is 0 Å². The maximum atomic E-state index is 12.0. The Hall–Kier alpha value is -0.840. The summed E-state index contributed by atoms with van der Waals surface area (Å²) in [6.07, 6.45) is 1.33. The third kappa shape index (κ3) is 4.15. The molecular formula is C11H14Cl2N2O2. The fourth-order valence-electron chi connectivity index (χ4n) is 1.43. The Balaban J connectivity index is 2.93. The minimum absolute atomic E-state index is 0.197. The maximum absolute atomic E-state index is 12.0. The van der Waals surface area contributed by atoms with E-state index in [-0.39, 0.29) is 28.2 Å². The third-order valence-electron chi connectivity index (χ3n) is 2.02. The fourth-order valence-corrected chi connectivity index (χ4v) is 1.78. The number of rotatable bonds is 3. The first-order valence-electron chi connectivity index (χ1n) is 4.99. The van der Waals surface area contributed by atoms with E-state index in [1.807, 2.05) is 0 Å². The van der Waals surface area contributed by atoms with Crippen LogP contribution in [0.15, 0.2) is 12.3 Å². The van der Waals surface area contributed by atoms with Crippen molar-refractivity contribution in [2.24, 2.45) is 0 Å². The lowest BCUT2D eigenvalue weighted by atomic mass is 10.1. The first-order valence-corrected chi connectivity index (χ1v) is 5.75. The zero-order valence-corrected chi connectivity index (χ0v) is 11.4. The van der Waals surface area contributed by atoms with Gasteiger partial charge >= 0.3 is 0 Å². The van der Waals surface area contributed by atoms with Crippen molar-refractivity contribution in [3.63, 3.8) is 0 Å². The van der Waals surface area contributed by atoms with Crippen molar-refractivity contribution in [3.8, 4) is 0 Å². The second-order valence-electron chi connectivity index (χ2n) is 4.46. The lowest BCUT2D eigenvalue weighted by Crippen LogP contribution is -2.39. The summed E-state index contributed by atoms with van der Waals surface area (Å²) < 4.78 is 0. The fraction of sp³-hybridized carbons (Fsp3) is 0.455. The average molecular weight is 277 g/mol. The molecule has 6 heteroatoms. The largest absolute Gasteiger partial charge is 0.389 e. The quantitative estimate of drug-likeness (QED) is 0.862. The Bertz CT molecular complexity index is 430. The minimum Gasteiger partial charge on any atom is -0.389 e. The van der Waals surface area contributed by atoms with Crippen LogP contribution in [-0.4, -0.2) is 40.1 Å². The Morgan fingerprint density at radius 1 is 1.53 bits per heavy atom. The summed E-state index contributed by atoms with van der Waals surface area (Å²) in [6, 6.07) is 1.41. The number of likely N-dealkylation sites (N-methyl/N-ethyl adjacent to an activating group) is 1. The van der Waals surface area contributed by atoms with Crippen molar-refractivity contribution in [1.82, 2.24) is 9.88 Å². The number of carbonyl (C=O) groups is 1. The van der Waals surface area contributed by atoms with Gasteiger partial charge < -0.3 is 10.0 Å². The third-order valence-corrected chi connectivity index (χ3v) is 2.53. The molecule has 0 saturated heterocycles. The minimum atomic E-state index is -0.965. The van der Waals surface area contributed by atoms with Crippen LogP contribution in [0, 0.1) is 0 Å². The topological polar surface area (TPSA) is 53.4 Å². The van der Waals surface area contributed by atoms with Gasteiger partial charge in [-0.15, -0.1) is 0 Å². The van der Waals surface area contributed by atoms with E-state index in [4.69, 9.17) is 23.2 Å². The Kier molecular flexibility index (Phi) is 4.36. The van der Waals surface area contributed by atoms with Crippen molar-refractivity contribution >= 4 is 29.1 Å². The normalized spacial score (nSPS) is 11.4. The zero-order valence-electron chi connectivity index (χ0n) is 9.87. The SMILES string of the molecule is CN(CC(C)(C)O)C(=O)c1cc(Cl)ncc1Cl. The molecule has 4 nitrogen and oxygen atoms in total. The van der Waals surface area contributed by atoms with E-state index >= 15 is 0 Å². The number of carbonyl (C=O) groups excluding carboxylic acids is 1. The van der Waals surface area contributed by atoms with Gasteiger partial charge in [-0.25, -0.2) is 4.98 Å². The molecule has 0 aliphatic carbocycles. The molecule has 1 heterocycles. The van der Waals surface area contributed by atoms with Gasteiger partial charge in [0.2, 0.25) is 0 Å². The molecule has 0 radical (unpaired) electrons. The molecule has 0 fully saturated rings. The van der Waals surface area contributed by atoms with Crippen molar-refractivity contribution < 1.29 is 9.90 Å². The van der Waals surface area contributed by atoms with Crippen molar-refractivity contribution in [2.45, 2.75) is 19.4 Å². The van der Waals surface area contributed by atoms with Gasteiger partial charge in [-0.2, -0.15) is 0 Å². The van der Waals surface area contributed by atoms with Gasteiger partial charge in [-0.1, -0.05) is 23.2 Å². The van der Waals surface area contributed by atoms with Crippen LogP contribution in [-0.2, 0) is 0 Å². The van der Waals surface area contributed by atoms with Gasteiger partial charge in [0.05, 0.1) is 16.2 Å². The summed E-state index contributed by atoms with van der Waals surface area (Å²) in [4.78, 5) is 17.2. The second-order valence-corrected chi connectivity index (χ2v) is 5.25. The Morgan fingerprint density at radius 3 is 2.65 bits per heavy atom. The first-order chi connectivity index (χ1) is 7.70. The molecule has 1 amide bonds. The number of hydrogen-bond acceptors (Lipinski definition) is 3. The standard InChI is InChI=1S/C11H14Cl2N2O2/c1-11(2,17)6-15(3)10(16)7-4-9(13)14-5-8(7)12/h4-5,17H,6H2,1-3H3. The lowest BCUT2D eigenvalue weighted by molar-refractivity contribution is 0.0368. The van der Waals surface area contributed by atoms with Gasteiger partial charge in [-0.05, 0) is 19.9 Å². The van der Waals surface area contributed by atoms with Crippen LogP contribution in [0.2, 0.25) is 10.2 Å². The molecule has 1 aromatic rings. The van der Waals surface area contributed by atoms with Crippen LogP contribution in [0.5, 0.6) is 0 Å². The molecule has 0 spiro atoms. The van der Waals surface area contributed by atoms with Crippen LogP contribution in [0.25, 0.3) is 0 Å². The predicted octanol–water partition coefficient (Wildman–Crippen LogP) is 2.23. The maximum Gasteiger partial charge on any atom is 0.255 e. The molecule has 0 aliphatic rings. The van der Waals surface area contributed by atoms with E-state index in [0.717, 1.165) is 0 Å². The number of pyridine rings is 1. The lowest BCUT2D eigenvalue weighted by Gasteiger charge is -2.25. The van der Waals surface area contributed by atoms with Crippen molar-refractivity contribution in [3.05, 3.63) is 28.0 Å². The van der Waals surface area contributed by atoms with Gasteiger partial charge in [-0.3, -0.25) is 4.79 Å². The molecule has 0 bridgehead atoms. The summed E-state index contributed by atoms with van der Waals surface area (Å²) in [5.41, 5.74) is -0.688. The Labute approximate surface area is 110 Å². The van der Waals surface area contributed by atoms with Crippen molar-refractivity contribution in [1.29, 1.82) is 0 Å². The van der Waals surface area contributed by atoms with Gasteiger partial charge in [0.25, 0.3) is 5.91 Å². The summed E-state index contributed by atoms with van der Waals surface area (Å²) >= 11 is 11.6. The number of aliphatic hydroxyl groups is 1. The smallest absolute Gasteiger partial charge is 0.255 e. The number of nitrogens with zero attached hydrogens (tertiary/aromatic N) is 2. The highest BCUT2D eigenvalue weighted by atomic mass is 35.5. The van der Waals surface area contributed by atoms with Crippen molar-refractivity contribution in [2.75, 3.05) is 13.6 Å². The molecule has 94 valence electrons. The van der Waals surface area contributed by atoms with Gasteiger partial charge in [0.15, 0.2) is 0 Å². The van der Waals surface area contributed by atoms with E-state index in [1.165, 1.54) is 17.2 Å². The molecular weight excluding hydrogens is 263 g/mol. The highest BCUT2D eigenvalue weighted by molar-refractivity contribution is 6.35. The molecule has 1 aromatic heterocycles. The van der Waals surface area contributed by atoms with E-state index in [0.29, 0.717) is 0 Å². The molecule has 0 atom stereocenters. The monoisotopic (exact) mass is 276 g/mol. The summed E-state index contributed by atoms with van der Waals surface area (Å²) in [5.74, 6) is -0.304. The molecule has 0 aliphatic heterocycles. The summed E-state index contributed by atoms with van der Waals surface area (Å²) in [7, 11) is 1.59. The van der Waals surface area contributed by atoms with E-state index in [2.05, 4.69) is 4.98 Å². The van der Waals surface area contributed by atoms with Gasteiger partial charge in [0.1, 0.15) is 5.15 Å². The van der Waals surface area contributed by atoms with E-state index in [9.17, 15) is 9.90 Å². The molecule has 0 saturated carbocycles. The Morgan fingerprint density at radius 2 is 2.12 bits per heavy atom. The van der Waals surface area contributed by atoms with Crippen LogP contribution in [0.1, 0.15) is 24.2 Å².